The van der Waals surface area contributed by atoms with E-state index in [0.717, 1.165) is 61.2 Å². The quantitative estimate of drug-likeness (QED) is 0.857. The summed E-state index contributed by atoms with van der Waals surface area (Å²) in [6.07, 6.45) is 6.98. The van der Waals surface area contributed by atoms with Crippen molar-refractivity contribution in [1.82, 2.24) is 10.3 Å². The van der Waals surface area contributed by atoms with Gasteiger partial charge in [-0.3, -0.25) is 4.98 Å². The fourth-order valence-electron chi connectivity index (χ4n) is 4.20. The lowest BCUT2D eigenvalue weighted by molar-refractivity contribution is 0.311. The number of piperidine rings is 1. The molecule has 0 unspecified atom stereocenters. The van der Waals surface area contributed by atoms with Crippen LogP contribution >= 0.6 is 0 Å². The first-order chi connectivity index (χ1) is 12.8. The zero-order valence-corrected chi connectivity index (χ0v) is 15.9. The summed E-state index contributed by atoms with van der Waals surface area (Å²) in [4.78, 5) is 5.00. The van der Waals surface area contributed by atoms with Crippen LogP contribution in [0.25, 0.3) is 10.9 Å². The van der Waals surface area contributed by atoms with Crippen LogP contribution in [-0.4, -0.2) is 37.8 Å². The zero-order valence-electron chi connectivity index (χ0n) is 15.9. The molecule has 2 aromatic rings. The van der Waals surface area contributed by atoms with Crippen molar-refractivity contribution in [3.8, 4) is 11.5 Å². The maximum atomic E-state index is 5.78. The van der Waals surface area contributed by atoms with Gasteiger partial charge in [0.2, 0.25) is 0 Å². The second-order valence-corrected chi connectivity index (χ2v) is 7.24. The Labute approximate surface area is 155 Å². The largest absolute Gasteiger partial charge is 0.493 e. The Balaban J connectivity index is 1.84. The van der Waals surface area contributed by atoms with Crippen molar-refractivity contribution in [2.75, 3.05) is 32.1 Å². The lowest BCUT2D eigenvalue weighted by Gasteiger charge is -2.29. The molecular weight excluding hydrogens is 326 g/mol. The molecule has 2 N–H and O–H groups in total. The number of pyridine rings is 1. The van der Waals surface area contributed by atoms with Gasteiger partial charge in [-0.2, -0.15) is 0 Å². The second-order valence-electron chi connectivity index (χ2n) is 7.24. The van der Waals surface area contributed by atoms with Gasteiger partial charge in [-0.1, -0.05) is 0 Å². The van der Waals surface area contributed by atoms with Crippen molar-refractivity contribution in [1.29, 1.82) is 0 Å². The first-order valence-corrected chi connectivity index (χ1v) is 9.93. The zero-order chi connectivity index (χ0) is 17.9. The highest BCUT2D eigenvalue weighted by Gasteiger charge is 2.22. The smallest absolute Gasteiger partial charge is 0.163 e. The summed E-state index contributed by atoms with van der Waals surface area (Å²) in [5, 5.41) is 8.49. The molecule has 1 aliphatic heterocycles. The van der Waals surface area contributed by atoms with Crippen LogP contribution in [0.5, 0.6) is 11.5 Å². The summed E-state index contributed by atoms with van der Waals surface area (Å²) in [5.74, 6) is 1.56. The van der Waals surface area contributed by atoms with E-state index in [0.29, 0.717) is 12.6 Å². The third kappa shape index (κ3) is 3.32. The minimum absolute atomic E-state index is 0.519. The van der Waals surface area contributed by atoms with E-state index in [4.69, 9.17) is 14.5 Å². The number of methoxy groups -OCH3 is 1. The molecule has 140 valence electrons. The molecule has 1 aromatic heterocycles. The number of benzene rings is 1. The summed E-state index contributed by atoms with van der Waals surface area (Å²) in [7, 11) is 1.70. The van der Waals surface area contributed by atoms with E-state index in [1.54, 1.807) is 7.11 Å². The first-order valence-electron chi connectivity index (χ1n) is 9.93. The Kier molecular flexibility index (Phi) is 5.16. The fourth-order valence-corrected chi connectivity index (χ4v) is 4.20. The van der Waals surface area contributed by atoms with E-state index in [2.05, 4.69) is 16.7 Å². The summed E-state index contributed by atoms with van der Waals surface area (Å²) in [6.45, 7) is 4.78. The number of anilines is 1. The van der Waals surface area contributed by atoms with Crippen LogP contribution in [0.2, 0.25) is 0 Å². The molecule has 0 bridgehead atoms. The van der Waals surface area contributed by atoms with Crippen LogP contribution in [0.4, 0.5) is 5.69 Å². The molecule has 5 heteroatoms. The lowest BCUT2D eigenvalue weighted by atomic mass is 9.92. The van der Waals surface area contributed by atoms with Crippen molar-refractivity contribution in [2.24, 2.45) is 0 Å². The average molecular weight is 355 g/mol. The Morgan fingerprint density at radius 3 is 2.73 bits per heavy atom. The number of ether oxygens (including phenoxy) is 2. The highest BCUT2D eigenvalue weighted by Crippen LogP contribution is 2.39. The summed E-state index contributed by atoms with van der Waals surface area (Å²) < 4.78 is 11.4. The number of hydrogen-bond donors (Lipinski definition) is 2. The Morgan fingerprint density at radius 1 is 1.15 bits per heavy atom. The van der Waals surface area contributed by atoms with Gasteiger partial charge < -0.3 is 20.1 Å². The van der Waals surface area contributed by atoms with Crippen molar-refractivity contribution < 1.29 is 9.47 Å². The van der Waals surface area contributed by atoms with E-state index in [9.17, 15) is 0 Å². The minimum atomic E-state index is 0.519. The van der Waals surface area contributed by atoms with Crippen molar-refractivity contribution in [2.45, 2.75) is 51.5 Å². The van der Waals surface area contributed by atoms with Gasteiger partial charge in [-0.25, -0.2) is 0 Å². The molecule has 0 atom stereocenters. The lowest BCUT2D eigenvalue weighted by Crippen LogP contribution is -2.35. The van der Waals surface area contributed by atoms with Gasteiger partial charge in [0, 0.05) is 28.9 Å². The van der Waals surface area contributed by atoms with Gasteiger partial charge in [0.05, 0.1) is 19.2 Å². The molecule has 5 nitrogen and oxygen atoms in total. The van der Waals surface area contributed by atoms with Crippen LogP contribution in [0.3, 0.4) is 0 Å². The van der Waals surface area contributed by atoms with Crippen LogP contribution < -0.4 is 20.1 Å². The number of rotatable bonds is 5. The first kappa shape index (κ1) is 17.4. The number of aryl methyl sites for hydroxylation is 1. The van der Waals surface area contributed by atoms with Crippen LogP contribution in [0, 0.1) is 0 Å². The molecule has 4 rings (SSSR count). The van der Waals surface area contributed by atoms with Gasteiger partial charge in [0.25, 0.3) is 0 Å². The monoisotopic (exact) mass is 355 g/mol. The standard InChI is InChI=1S/C21H29N3O2/c1-3-26-20-13-18-16(12-19(20)25-2)21(23-14-8-10-22-11-9-14)15-6-4-5-7-17(15)24-18/h12-14,22H,3-11H2,1-2H3,(H,23,24). The summed E-state index contributed by atoms with van der Waals surface area (Å²) >= 11 is 0. The maximum Gasteiger partial charge on any atom is 0.163 e. The highest BCUT2D eigenvalue weighted by atomic mass is 16.5. The Bertz CT molecular complexity index is 785. The van der Waals surface area contributed by atoms with Gasteiger partial charge in [0.15, 0.2) is 11.5 Å². The predicted octanol–water partition coefficient (Wildman–Crippen LogP) is 3.68. The number of aromatic nitrogens is 1. The van der Waals surface area contributed by atoms with E-state index >= 15 is 0 Å². The molecule has 0 amide bonds. The van der Waals surface area contributed by atoms with Crippen LogP contribution in [-0.2, 0) is 12.8 Å². The van der Waals surface area contributed by atoms with Crippen molar-refractivity contribution in [3.63, 3.8) is 0 Å². The second kappa shape index (κ2) is 7.70. The Hall–Kier alpha value is -2.01. The predicted molar refractivity (Wildman–Crippen MR) is 106 cm³/mol. The van der Waals surface area contributed by atoms with Crippen molar-refractivity contribution in [3.05, 3.63) is 23.4 Å². The molecule has 26 heavy (non-hydrogen) atoms. The Morgan fingerprint density at radius 2 is 1.96 bits per heavy atom. The van der Waals surface area contributed by atoms with Gasteiger partial charge in [-0.05, 0) is 70.2 Å². The number of hydrogen-bond acceptors (Lipinski definition) is 5. The summed E-state index contributed by atoms with van der Waals surface area (Å²) in [6, 6.07) is 4.66. The minimum Gasteiger partial charge on any atom is -0.493 e. The third-order valence-corrected chi connectivity index (χ3v) is 5.53. The normalized spacial score (nSPS) is 17.8. The molecule has 0 radical (unpaired) electrons. The molecule has 1 aliphatic carbocycles. The highest BCUT2D eigenvalue weighted by molar-refractivity contribution is 5.96. The molecule has 0 saturated carbocycles. The van der Waals surface area contributed by atoms with Crippen molar-refractivity contribution >= 4 is 16.6 Å². The maximum absolute atomic E-state index is 5.78. The number of nitrogens with one attached hydrogen (secondary N) is 2. The van der Waals surface area contributed by atoms with Gasteiger partial charge in [0.1, 0.15) is 0 Å². The molecule has 1 aromatic carbocycles. The molecule has 2 heterocycles. The molecule has 1 saturated heterocycles. The summed E-state index contributed by atoms with van der Waals surface area (Å²) in [5.41, 5.74) is 4.95. The van der Waals surface area contributed by atoms with E-state index < -0.39 is 0 Å². The molecule has 0 spiro atoms. The molecule has 1 fully saturated rings. The SMILES string of the molecule is CCOc1cc2nc3c(c(NC4CCNCC4)c2cc1OC)CCCC3. The topological polar surface area (TPSA) is 55.4 Å². The molecule has 2 aliphatic rings. The number of nitrogens with zero attached hydrogens (tertiary/aromatic N) is 1. The van der Waals surface area contributed by atoms with Crippen LogP contribution in [0.1, 0.15) is 43.9 Å². The molecular formula is C21H29N3O2. The van der Waals surface area contributed by atoms with E-state index in [1.165, 1.54) is 29.8 Å². The van der Waals surface area contributed by atoms with Crippen LogP contribution in [0.15, 0.2) is 12.1 Å². The third-order valence-electron chi connectivity index (χ3n) is 5.53. The fraction of sp³-hybridized carbons (Fsp3) is 0.571. The average Bonchev–Trinajstić information content (AvgIpc) is 2.68. The van der Waals surface area contributed by atoms with E-state index in [1.807, 2.05) is 13.0 Å². The number of fused-ring (bicyclic) bond motifs is 2. The van der Waals surface area contributed by atoms with Gasteiger partial charge >= 0.3 is 0 Å². The van der Waals surface area contributed by atoms with Gasteiger partial charge in [-0.15, -0.1) is 0 Å². The van der Waals surface area contributed by atoms with E-state index in [-0.39, 0.29) is 0 Å².